The highest BCUT2D eigenvalue weighted by Gasteiger charge is 2.13. The van der Waals surface area contributed by atoms with Gasteiger partial charge in [0.15, 0.2) is 17.5 Å². The summed E-state index contributed by atoms with van der Waals surface area (Å²) in [5.74, 6) is 2.69. The Hall–Kier alpha value is -1.38. The van der Waals surface area contributed by atoms with Crippen molar-refractivity contribution in [2.45, 2.75) is 58.5 Å². The summed E-state index contributed by atoms with van der Waals surface area (Å²) in [5, 5.41) is 6.79. The number of hydrogen-bond acceptors (Lipinski definition) is 4. The Kier molecular flexibility index (Phi) is 13.9. The minimum atomic E-state index is 0. The van der Waals surface area contributed by atoms with Gasteiger partial charge >= 0.3 is 0 Å². The third-order valence-electron chi connectivity index (χ3n) is 4.28. The fourth-order valence-corrected chi connectivity index (χ4v) is 2.80. The fourth-order valence-electron chi connectivity index (χ4n) is 2.80. The van der Waals surface area contributed by atoms with E-state index in [0.29, 0.717) is 29.8 Å². The number of benzene rings is 1. The van der Waals surface area contributed by atoms with Gasteiger partial charge in [0.25, 0.3) is 0 Å². The van der Waals surface area contributed by atoms with Gasteiger partial charge in [0.1, 0.15) is 0 Å². The number of nitrogens with one attached hydrogen (secondary N) is 2. The minimum absolute atomic E-state index is 0. The Balaban J connectivity index is 0.00000676. The molecule has 1 aromatic carbocycles. The summed E-state index contributed by atoms with van der Waals surface area (Å²) in [5.41, 5.74) is 1.03. The molecule has 0 fully saturated rings. The van der Waals surface area contributed by atoms with Gasteiger partial charge in [0, 0.05) is 19.6 Å². The van der Waals surface area contributed by atoms with E-state index in [0.717, 1.165) is 17.9 Å². The minimum Gasteiger partial charge on any atom is -0.493 e. The van der Waals surface area contributed by atoms with Crippen molar-refractivity contribution in [3.8, 4) is 17.2 Å². The number of hydrogen-bond donors (Lipinski definition) is 2. The van der Waals surface area contributed by atoms with E-state index in [1.807, 2.05) is 12.1 Å². The topological polar surface area (TPSA) is 64.1 Å². The van der Waals surface area contributed by atoms with Crippen LogP contribution in [0.1, 0.15) is 51.5 Å². The number of guanidine groups is 1. The van der Waals surface area contributed by atoms with Crippen LogP contribution in [0.25, 0.3) is 0 Å². The zero-order valence-corrected chi connectivity index (χ0v) is 19.9. The summed E-state index contributed by atoms with van der Waals surface area (Å²) in [7, 11) is 6.63. The van der Waals surface area contributed by atoms with Crippen LogP contribution in [0.5, 0.6) is 17.2 Å². The highest BCUT2D eigenvalue weighted by atomic mass is 127. The van der Waals surface area contributed by atoms with E-state index in [1.165, 1.54) is 25.7 Å². The summed E-state index contributed by atoms with van der Waals surface area (Å²) in [6.07, 6.45) is 6.25. The second-order valence-corrected chi connectivity index (χ2v) is 6.35. The molecule has 0 bridgehead atoms. The molecule has 0 aliphatic heterocycles. The van der Waals surface area contributed by atoms with E-state index in [4.69, 9.17) is 14.2 Å². The van der Waals surface area contributed by atoms with Crippen LogP contribution in [-0.4, -0.2) is 40.4 Å². The van der Waals surface area contributed by atoms with Gasteiger partial charge in [-0.25, -0.2) is 0 Å². The van der Waals surface area contributed by atoms with Crippen LogP contribution in [0.15, 0.2) is 17.1 Å². The highest BCUT2D eigenvalue weighted by molar-refractivity contribution is 14.0. The second-order valence-electron chi connectivity index (χ2n) is 6.35. The van der Waals surface area contributed by atoms with E-state index < -0.39 is 0 Å². The lowest BCUT2D eigenvalue weighted by Gasteiger charge is -2.19. The highest BCUT2D eigenvalue weighted by Crippen LogP contribution is 2.38. The van der Waals surface area contributed by atoms with E-state index >= 15 is 0 Å². The molecule has 0 aromatic heterocycles. The third kappa shape index (κ3) is 8.90. The SMILES string of the molecule is CCCCCCC(C)NC(=NC)NCc1cc(OC)c(OC)c(OC)c1.I. The van der Waals surface area contributed by atoms with Crippen LogP contribution < -0.4 is 24.8 Å². The molecule has 6 nitrogen and oxygen atoms in total. The first-order valence-electron chi connectivity index (χ1n) is 9.35. The molecule has 1 unspecified atom stereocenters. The molecule has 1 atom stereocenters. The number of halogens is 1. The van der Waals surface area contributed by atoms with E-state index in [1.54, 1.807) is 28.4 Å². The molecule has 0 saturated heterocycles. The third-order valence-corrected chi connectivity index (χ3v) is 4.28. The molecule has 1 rings (SSSR count). The zero-order chi connectivity index (χ0) is 19.4. The molecular formula is C20H36IN3O3. The van der Waals surface area contributed by atoms with Crippen LogP contribution in [0.4, 0.5) is 0 Å². The first-order chi connectivity index (χ1) is 12.6. The molecule has 0 amide bonds. The average Bonchev–Trinajstić information content (AvgIpc) is 2.67. The molecule has 0 spiro atoms. The van der Waals surface area contributed by atoms with Crippen LogP contribution in [0.2, 0.25) is 0 Å². The molecule has 27 heavy (non-hydrogen) atoms. The predicted molar refractivity (Wildman–Crippen MR) is 123 cm³/mol. The van der Waals surface area contributed by atoms with Crippen LogP contribution in [0, 0.1) is 0 Å². The second kappa shape index (κ2) is 14.6. The smallest absolute Gasteiger partial charge is 0.203 e. The summed E-state index contributed by atoms with van der Waals surface area (Å²) >= 11 is 0. The summed E-state index contributed by atoms with van der Waals surface area (Å²) < 4.78 is 16.2. The first-order valence-corrected chi connectivity index (χ1v) is 9.35. The normalized spacial score (nSPS) is 12.0. The van der Waals surface area contributed by atoms with Gasteiger partial charge in [-0.1, -0.05) is 32.6 Å². The van der Waals surface area contributed by atoms with Crippen molar-refractivity contribution in [1.82, 2.24) is 10.6 Å². The van der Waals surface area contributed by atoms with Crippen LogP contribution >= 0.6 is 24.0 Å². The number of rotatable bonds is 11. The number of ether oxygens (including phenoxy) is 3. The molecule has 0 aliphatic rings. The van der Waals surface area contributed by atoms with Gasteiger partial charge < -0.3 is 24.8 Å². The molecular weight excluding hydrogens is 457 g/mol. The molecule has 0 aliphatic carbocycles. The van der Waals surface area contributed by atoms with Gasteiger partial charge in [0.05, 0.1) is 21.3 Å². The summed E-state index contributed by atoms with van der Waals surface area (Å²) in [6.45, 7) is 5.04. The Morgan fingerprint density at radius 1 is 1.04 bits per heavy atom. The van der Waals surface area contributed by atoms with Gasteiger partial charge in [0.2, 0.25) is 5.75 Å². The number of methoxy groups -OCH3 is 3. The number of aliphatic imine (C=N–C) groups is 1. The van der Waals surface area contributed by atoms with Gasteiger partial charge in [-0.05, 0) is 31.0 Å². The maximum atomic E-state index is 5.40. The molecule has 7 heteroatoms. The van der Waals surface area contributed by atoms with Gasteiger partial charge in [-0.15, -0.1) is 24.0 Å². The van der Waals surface area contributed by atoms with Crippen molar-refractivity contribution in [1.29, 1.82) is 0 Å². The lowest BCUT2D eigenvalue weighted by molar-refractivity contribution is 0.323. The zero-order valence-electron chi connectivity index (χ0n) is 17.6. The summed E-state index contributed by atoms with van der Waals surface area (Å²) in [6, 6.07) is 4.27. The lowest BCUT2D eigenvalue weighted by Crippen LogP contribution is -2.41. The predicted octanol–water partition coefficient (Wildman–Crippen LogP) is 4.35. The molecule has 2 N–H and O–H groups in total. The van der Waals surface area contributed by atoms with Crippen molar-refractivity contribution >= 4 is 29.9 Å². The van der Waals surface area contributed by atoms with Crippen molar-refractivity contribution < 1.29 is 14.2 Å². The molecule has 0 heterocycles. The molecule has 1 aromatic rings. The van der Waals surface area contributed by atoms with Crippen molar-refractivity contribution in [2.24, 2.45) is 4.99 Å². The monoisotopic (exact) mass is 493 g/mol. The molecule has 156 valence electrons. The number of unbranched alkanes of at least 4 members (excludes halogenated alkanes) is 3. The molecule has 0 saturated carbocycles. The van der Waals surface area contributed by atoms with Crippen LogP contribution in [0.3, 0.4) is 0 Å². The maximum Gasteiger partial charge on any atom is 0.203 e. The van der Waals surface area contributed by atoms with Crippen molar-refractivity contribution in [3.63, 3.8) is 0 Å². The quantitative estimate of drug-likeness (QED) is 0.208. The fraction of sp³-hybridized carbons (Fsp3) is 0.650. The summed E-state index contributed by atoms with van der Waals surface area (Å²) in [4.78, 5) is 4.31. The standard InChI is InChI=1S/C20H35N3O3.HI/c1-7-8-9-10-11-15(2)23-20(21-3)22-14-16-12-17(24-4)19(26-6)18(13-16)25-5;/h12-13,15H,7-11,14H2,1-6H3,(H2,21,22,23);1H. The average molecular weight is 493 g/mol. The van der Waals surface area contributed by atoms with Crippen molar-refractivity contribution in [2.75, 3.05) is 28.4 Å². The van der Waals surface area contributed by atoms with E-state index in [9.17, 15) is 0 Å². The lowest BCUT2D eigenvalue weighted by atomic mass is 10.1. The van der Waals surface area contributed by atoms with Crippen LogP contribution in [-0.2, 0) is 6.54 Å². The first kappa shape index (κ1) is 25.6. The largest absolute Gasteiger partial charge is 0.493 e. The maximum absolute atomic E-state index is 5.40. The number of nitrogens with zero attached hydrogens (tertiary/aromatic N) is 1. The van der Waals surface area contributed by atoms with E-state index in [-0.39, 0.29) is 24.0 Å². The Morgan fingerprint density at radius 2 is 1.67 bits per heavy atom. The van der Waals surface area contributed by atoms with E-state index in [2.05, 4.69) is 29.5 Å². The Bertz CT molecular complexity index is 542. The van der Waals surface area contributed by atoms with Crippen molar-refractivity contribution in [3.05, 3.63) is 17.7 Å². The van der Waals surface area contributed by atoms with Gasteiger partial charge in [-0.3, -0.25) is 4.99 Å². The Morgan fingerprint density at radius 3 is 2.15 bits per heavy atom. The van der Waals surface area contributed by atoms with Gasteiger partial charge in [-0.2, -0.15) is 0 Å². The Labute approximate surface area is 181 Å². The molecule has 0 radical (unpaired) electrons.